The monoisotopic (exact) mass is 539 g/mol. The minimum absolute atomic E-state index is 0.0388. The van der Waals surface area contributed by atoms with Crippen molar-refractivity contribution >= 4 is 55.0 Å². The molecule has 0 aliphatic heterocycles. The fourth-order valence-corrected chi connectivity index (χ4v) is 4.18. The molecule has 0 unspecified atom stereocenters. The van der Waals surface area contributed by atoms with Gasteiger partial charge in [-0.05, 0) is 71.2 Å². The summed E-state index contributed by atoms with van der Waals surface area (Å²) in [5, 5.41) is 16.0. The van der Waals surface area contributed by atoms with Gasteiger partial charge < -0.3 is 15.7 Å². The van der Waals surface area contributed by atoms with E-state index in [1.54, 1.807) is 30.5 Å². The Kier molecular flexibility index (Phi) is 8.44. The van der Waals surface area contributed by atoms with E-state index < -0.39 is 10.0 Å². The lowest BCUT2D eigenvalue weighted by Gasteiger charge is -2.14. The quantitative estimate of drug-likeness (QED) is 0.308. The molecule has 32 heavy (non-hydrogen) atoms. The second-order valence-corrected chi connectivity index (χ2v) is 10.1. The zero-order chi connectivity index (χ0) is 23.1. The summed E-state index contributed by atoms with van der Waals surface area (Å²) in [5.41, 5.74) is 1.63. The van der Waals surface area contributed by atoms with E-state index >= 15 is 0 Å². The third-order valence-corrected chi connectivity index (χ3v) is 6.75. The first kappa shape index (κ1) is 24.4. The summed E-state index contributed by atoms with van der Waals surface area (Å²) in [6, 6.07) is 13.4. The molecule has 0 amide bonds. The van der Waals surface area contributed by atoms with Crippen LogP contribution in [0.2, 0.25) is 5.02 Å². The first-order chi connectivity index (χ1) is 15.3. The number of hydrogen-bond acceptors (Lipinski definition) is 7. The Morgan fingerprint density at radius 2 is 1.81 bits per heavy atom. The van der Waals surface area contributed by atoms with Gasteiger partial charge in [-0.3, -0.25) is 0 Å². The molecule has 0 aliphatic carbocycles. The first-order valence-electron chi connectivity index (χ1n) is 9.78. The summed E-state index contributed by atoms with van der Waals surface area (Å²) in [4.78, 5) is 8.74. The SMILES string of the molecule is C[C@H](CO)Nc1nc(Nc2ccc(S(=O)(=O)NCCc3ccc(Cl)cc3)cc2)ncc1Br. The van der Waals surface area contributed by atoms with Crippen LogP contribution >= 0.6 is 27.5 Å². The third kappa shape index (κ3) is 6.88. The number of aromatic nitrogens is 2. The van der Waals surface area contributed by atoms with Gasteiger partial charge in [0.2, 0.25) is 16.0 Å². The highest BCUT2D eigenvalue weighted by atomic mass is 79.9. The Hall–Kier alpha value is -2.24. The summed E-state index contributed by atoms with van der Waals surface area (Å²) in [7, 11) is -3.63. The Morgan fingerprint density at radius 3 is 2.47 bits per heavy atom. The molecule has 2 aromatic carbocycles. The highest BCUT2D eigenvalue weighted by Crippen LogP contribution is 2.23. The maximum Gasteiger partial charge on any atom is 0.240 e. The highest BCUT2D eigenvalue weighted by Gasteiger charge is 2.14. The van der Waals surface area contributed by atoms with Gasteiger partial charge in [0, 0.05) is 29.5 Å². The van der Waals surface area contributed by atoms with E-state index in [2.05, 4.69) is 41.3 Å². The second kappa shape index (κ2) is 11.1. The summed E-state index contributed by atoms with van der Waals surface area (Å²) in [5.74, 6) is 0.866. The van der Waals surface area contributed by atoms with Gasteiger partial charge in [-0.2, -0.15) is 4.98 Å². The molecule has 170 valence electrons. The Bertz CT molecular complexity index is 1150. The van der Waals surface area contributed by atoms with Gasteiger partial charge in [-0.15, -0.1) is 0 Å². The molecule has 0 bridgehead atoms. The molecule has 0 saturated carbocycles. The minimum Gasteiger partial charge on any atom is -0.394 e. The fraction of sp³-hybridized carbons (Fsp3) is 0.238. The van der Waals surface area contributed by atoms with Crippen molar-refractivity contribution < 1.29 is 13.5 Å². The molecule has 0 radical (unpaired) electrons. The van der Waals surface area contributed by atoms with Crippen LogP contribution in [-0.2, 0) is 16.4 Å². The lowest BCUT2D eigenvalue weighted by molar-refractivity contribution is 0.281. The number of benzene rings is 2. The standard InChI is InChI=1S/C21H23BrClN5O3S/c1-14(13-29)26-20-19(22)12-24-21(28-20)27-17-6-8-18(9-7-17)32(30,31)25-11-10-15-2-4-16(23)5-3-15/h2-9,12,14,25,29H,10-11,13H2,1H3,(H2,24,26,27,28)/t14-/m1/s1. The fourth-order valence-electron chi connectivity index (χ4n) is 2.72. The van der Waals surface area contributed by atoms with Crippen LogP contribution in [0.25, 0.3) is 0 Å². The van der Waals surface area contributed by atoms with E-state index in [-0.39, 0.29) is 24.1 Å². The van der Waals surface area contributed by atoms with Crippen molar-refractivity contribution in [1.82, 2.24) is 14.7 Å². The van der Waals surface area contributed by atoms with Crippen LogP contribution in [0.1, 0.15) is 12.5 Å². The first-order valence-corrected chi connectivity index (χ1v) is 12.4. The van der Waals surface area contributed by atoms with Gasteiger partial charge in [0.25, 0.3) is 0 Å². The molecule has 1 heterocycles. The molecular weight excluding hydrogens is 518 g/mol. The van der Waals surface area contributed by atoms with E-state index in [1.807, 2.05) is 19.1 Å². The zero-order valence-corrected chi connectivity index (χ0v) is 20.4. The van der Waals surface area contributed by atoms with Crippen LogP contribution in [0.3, 0.4) is 0 Å². The number of anilines is 3. The van der Waals surface area contributed by atoms with Crippen molar-refractivity contribution in [2.75, 3.05) is 23.8 Å². The second-order valence-electron chi connectivity index (χ2n) is 7.04. The van der Waals surface area contributed by atoms with Crippen LogP contribution in [0.15, 0.2) is 64.1 Å². The average Bonchev–Trinajstić information content (AvgIpc) is 2.77. The van der Waals surface area contributed by atoms with Crippen LogP contribution in [0, 0.1) is 0 Å². The van der Waals surface area contributed by atoms with Crippen molar-refractivity contribution in [3.63, 3.8) is 0 Å². The number of nitrogens with zero attached hydrogens (tertiary/aromatic N) is 2. The van der Waals surface area contributed by atoms with Gasteiger partial charge in [0.15, 0.2) is 0 Å². The Morgan fingerprint density at radius 1 is 1.12 bits per heavy atom. The number of sulfonamides is 1. The van der Waals surface area contributed by atoms with Crippen molar-refractivity contribution in [3.8, 4) is 0 Å². The predicted octanol–water partition coefficient (Wildman–Crippen LogP) is 3.95. The summed E-state index contributed by atoms with van der Waals surface area (Å²) >= 11 is 9.23. The highest BCUT2D eigenvalue weighted by molar-refractivity contribution is 9.10. The summed E-state index contributed by atoms with van der Waals surface area (Å²) < 4.78 is 28.4. The molecule has 0 fully saturated rings. The minimum atomic E-state index is -3.63. The van der Waals surface area contributed by atoms with E-state index in [4.69, 9.17) is 11.6 Å². The smallest absolute Gasteiger partial charge is 0.240 e. The largest absolute Gasteiger partial charge is 0.394 e. The molecule has 1 aromatic heterocycles. The van der Waals surface area contributed by atoms with E-state index in [9.17, 15) is 13.5 Å². The van der Waals surface area contributed by atoms with Crippen molar-refractivity contribution in [2.24, 2.45) is 0 Å². The maximum absolute atomic E-state index is 12.5. The Labute approximate surface area is 200 Å². The van der Waals surface area contributed by atoms with Crippen molar-refractivity contribution in [2.45, 2.75) is 24.3 Å². The van der Waals surface area contributed by atoms with E-state index in [1.165, 1.54) is 12.1 Å². The van der Waals surface area contributed by atoms with Gasteiger partial charge >= 0.3 is 0 Å². The van der Waals surface area contributed by atoms with E-state index in [0.29, 0.717) is 33.4 Å². The van der Waals surface area contributed by atoms with Crippen LogP contribution < -0.4 is 15.4 Å². The van der Waals surface area contributed by atoms with Gasteiger partial charge in [0.05, 0.1) is 16.0 Å². The molecule has 3 rings (SSSR count). The molecule has 3 aromatic rings. The zero-order valence-electron chi connectivity index (χ0n) is 17.2. The third-order valence-electron chi connectivity index (χ3n) is 4.44. The van der Waals surface area contributed by atoms with Crippen LogP contribution in [-0.4, -0.2) is 42.7 Å². The number of halogens is 2. The normalized spacial score (nSPS) is 12.4. The lowest BCUT2D eigenvalue weighted by atomic mass is 10.2. The number of nitrogens with one attached hydrogen (secondary N) is 3. The van der Waals surface area contributed by atoms with Gasteiger partial charge in [-0.25, -0.2) is 18.1 Å². The van der Waals surface area contributed by atoms with Gasteiger partial charge in [0.1, 0.15) is 5.82 Å². The van der Waals surface area contributed by atoms with E-state index in [0.717, 1.165) is 5.56 Å². The molecule has 8 nitrogen and oxygen atoms in total. The van der Waals surface area contributed by atoms with Crippen LogP contribution in [0.5, 0.6) is 0 Å². The van der Waals surface area contributed by atoms with Crippen LogP contribution in [0.4, 0.5) is 17.5 Å². The summed E-state index contributed by atoms with van der Waals surface area (Å²) in [6.07, 6.45) is 2.15. The lowest BCUT2D eigenvalue weighted by Crippen LogP contribution is -2.26. The van der Waals surface area contributed by atoms with Gasteiger partial charge in [-0.1, -0.05) is 23.7 Å². The Balaban J connectivity index is 1.61. The molecule has 1 atom stereocenters. The predicted molar refractivity (Wildman–Crippen MR) is 130 cm³/mol. The molecule has 0 spiro atoms. The number of hydrogen-bond donors (Lipinski definition) is 4. The molecule has 11 heteroatoms. The molecule has 0 saturated heterocycles. The molecule has 0 aliphatic rings. The average molecular weight is 541 g/mol. The maximum atomic E-state index is 12.5. The number of aliphatic hydroxyl groups excluding tert-OH is 1. The number of aliphatic hydroxyl groups is 1. The van der Waals surface area contributed by atoms with Crippen molar-refractivity contribution in [3.05, 3.63) is 69.8 Å². The van der Waals surface area contributed by atoms with Crippen molar-refractivity contribution in [1.29, 1.82) is 0 Å². The number of rotatable bonds is 10. The molecule has 4 N–H and O–H groups in total. The summed E-state index contributed by atoms with van der Waals surface area (Å²) in [6.45, 7) is 2.06. The molecular formula is C21H23BrClN5O3S. The topological polar surface area (TPSA) is 116 Å².